The van der Waals surface area contributed by atoms with Gasteiger partial charge in [-0.15, -0.1) is 0 Å². The average Bonchev–Trinajstić information content (AvgIpc) is 2.84. The lowest BCUT2D eigenvalue weighted by molar-refractivity contribution is -0.386. The molecule has 0 amide bonds. The van der Waals surface area contributed by atoms with E-state index in [2.05, 4.69) is 5.10 Å². The molecule has 2 aromatic rings. The van der Waals surface area contributed by atoms with Crippen LogP contribution in [0.5, 0.6) is 5.75 Å². The number of hydrogen-bond acceptors (Lipinski definition) is 4. The highest BCUT2D eigenvalue weighted by molar-refractivity contribution is 5.46. The first kappa shape index (κ1) is 13.0. The standard InChI is InChI=1S/C12H12FN3O3/c1-2-15-7-9(6-14-15)8-19-12-5-10(13)3-4-11(12)16(17)18/h3-7H,2,8H2,1H3. The van der Waals surface area contributed by atoms with E-state index < -0.39 is 10.7 Å². The summed E-state index contributed by atoms with van der Waals surface area (Å²) < 4.78 is 20.1. The number of aromatic nitrogens is 2. The van der Waals surface area contributed by atoms with Crippen molar-refractivity contribution in [2.45, 2.75) is 20.1 Å². The van der Waals surface area contributed by atoms with Crippen LogP contribution in [0.15, 0.2) is 30.6 Å². The fraction of sp³-hybridized carbons (Fsp3) is 0.250. The number of rotatable bonds is 5. The molecule has 0 saturated heterocycles. The summed E-state index contributed by atoms with van der Waals surface area (Å²) in [6.45, 7) is 2.76. The summed E-state index contributed by atoms with van der Waals surface area (Å²) in [5.41, 5.74) is 0.504. The van der Waals surface area contributed by atoms with Gasteiger partial charge in [-0.05, 0) is 13.0 Å². The molecular formula is C12H12FN3O3. The number of ether oxygens (including phenoxy) is 1. The second-order valence-electron chi connectivity index (χ2n) is 3.86. The van der Waals surface area contributed by atoms with E-state index in [-0.39, 0.29) is 18.0 Å². The van der Waals surface area contributed by atoms with Crippen LogP contribution in [-0.2, 0) is 13.2 Å². The van der Waals surface area contributed by atoms with E-state index >= 15 is 0 Å². The molecule has 0 spiro atoms. The summed E-state index contributed by atoms with van der Waals surface area (Å²) in [7, 11) is 0. The molecule has 0 atom stereocenters. The van der Waals surface area contributed by atoms with Gasteiger partial charge in [-0.3, -0.25) is 14.8 Å². The van der Waals surface area contributed by atoms with Crippen molar-refractivity contribution in [1.82, 2.24) is 9.78 Å². The summed E-state index contributed by atoms with van der Waals surface area (Å²) in [6, 6.07) is 3.11. The normalized spacial score (nSPS) is 10.4. The highest BCUT2D eigenvalue weighted by Gasteiger charge is 2.16. The highest BCUT2D eigenvalue weighted by atomic mass is 19.1. The highest BCUT2D eigenvalue weighted by Crippen LogP contribution is 2.28. The molecule has 0 radical (unpaired) electrons. The van der Waals surface area contributed by atoms with Crippen LogP contribution in [0.2, 0.25) is 0 Å². The predicted molar refractivity (Wildman–Crippen MR) is 65.3 cm³/mol. The molecule has 1 aromatic heterocycles. The molecule has 2 rings (SSSR count). The fourth-order valence-corrected chi connectivity index (χ4v) is 1.57. The van der Waals surface area contributed by atoms with Gasteiger partial charge >= 0.3 is 5.69 Å². The van der Waals surface area contributed by atoms with Gasteiger partial charge in [0, 0.05) is 30.4 Å². The lowest BCUT2D eigenvalue weighted by Crippen LogP contribution is -1.99. The molecule has 0 bridgehead atoms. The minimum Gasteiger partial charge on any atom is -0.482 e. The smallest absolute Gasteiger partial charge is 0.311 e. The Morgan fingerprint density at radius 1 is 1.53 bits per heavy atom. The number of hydrogen-bond donors (Lipinski definition) is 0. The van der Waals surface area contributed by atoms with Gasteiger partial charge in [0.25, 0.3) is 0 Å². The zero-order valence-electron chi connectivity index (χ0n) is 10.2. The third-order valence-corrected chi connectivity index (χ3v) is 2.52. The van der Waals surface area contributed by atoms with Crippen LogP contribution in [0.3, 0.4) is 0 Å². The van der Waals surface area contributed by atoms with E-state index in [1.54, 1.807) is 17.1 Å². The number of nitro benzene ring substituents is 1. The van der Waals surface area contributed by atoms with Gasteiger partial charge in [0.2, 0.25) is 0 Å². The molecule has 7 heteroatoms. The van der Waals surface area contributed by atoms with Crippen molar-refractivity contribution >= 4 is 5.69 Å². The number of benzene rings is 1. The molecule has 0 unspecified atom stereocenters. The van der Waals surface area contributed by atoms with Crippen molar-refractivity contribution in [1.29, 1.82) is 0 Å². The SMILES string of the molecule is CCn1cc(COc2cc(F)ccc2[N+](=O)[O-])cn1. The van der Waals surface area contributed by atoms with Crippen LogP contribution in [0, 0.1) is 15.9 Å². The van der Waals surface area contributed by atoms with Gasteiger partial charge < -0.3 is 4.74 Å². The van der Waals surface area contributed by atoms with Crippen LogP contribution >= 0.6 is 0 Å². The van der Waals surface area contributed by atoms with E-state index in [0.717, 1.165) is 30.3 Å². The van der Waals surface area contributed by atoms with Gasteiger partial charge in [0.05, 0.1) is 11.1 Å². The summed E-state index contributed by atoms with van der Waals surface area (Å²) in [6.07, 6.45) is 3.37. The molecule has 6 nitrogen and oxygen atoms in total. The fourth-order valence-electron chi connectivity index (χ4n) is 1.57. The Morgan fingerprint density at radius 3 is 2.95 bits per heavy atom. The monoisotopic (exact) mass is 265 g/mol. The Labute approximate surface area is 108 Å². The van der Waals surface area contributed by atoms with Gasteiger partial charge in [-0.1, -0.05) is 0 Å². The summed E-state index contributed by atoms with van der Waals surface area (Å²) in [5.74, 6) is -0.667. The predicted octanol–water partition coefficient (Wildman–Crippen LogP) is 2.53. The van der Waals surface area contributed by atoms with E-state index in [1.165, 1.54) is 0 Å². The maximum absolute atomic E-state index is 13.1. The second kappa shape index (κ2) is 5.47. The third kappa shape index (κ3) is 3.06. The first-order valence-corrected chi connectivity index (χ1v) is 5.68. The van der Waals surface area contributed by atoms with Gasteiger partial charge in [-0.2, -0.15) is 5.10 Å². The zero-order chi connectivity index (χ0) is 13.8. The molecule has 1 aromatic carbocycles. The lowest BCUT2D eigenvalue weighted by atomic mass is 10.3. The number of aryl methyl sites for hydroxylation is 1. The minimum atomic E-state index is -0.607. The minimum absolute atomic E-state index is 0.0887. The van der Waals surface area contributed by atoms with Crippen molar-refractivity contribution < 1.29 is 14.1 Å². The van der Waals surface area contributed by atoms with E-state index in [1.807, 2.05) is 6.92 Å². The van der Waals surface area contributed by atoms with Gasteiger partial charge in [0.15, 0.2) is 5.75 Å². The van der Waals surface area contributed by atoms with Crippen molar-refractivity contribution in [2.75, 3.05) is 0 Å². The van der Waals surface area contributed by atoms with Crippen molar-refractivity contribution in [3.05, 3.63) is 52.1 Å². The van der Waals surface area contributed by atoms with Crippen LogP contribution in [0.4, 0.5) is 10.1 Å². The van der Waals surface area contributed by atoms with Crippen LogP contribution in [0.1, 0.15) is 12.5 Å². The number of nitro groups is 1. The molecule has 1 heterocycles. The maximum Gasteiger partial charge on any atom is 0.311 e. The quantitative estimate of drug-likeness (QED) is 0.615. The molecule has 100 valence electrons. The largest absolute Gasteiger partial charge is 0.482 e. The molecule has 0 aliphatic heterocycles. The summed E-state index contributed by atoms with van der Waals surface area (Å²) >= 11 is 0. The van der Waals surface area contributed by atoms with E-state index in [9.17, 15) is 14.5 Å². The van der Waals surface area contributed by atoms with Crippen molar-refractivity contribution in [3.63, 3.8) is 0 Å². The Morgan fingerprint density at radius 2 is 2.32 bits per heavy atom. The van der Waals surface area contributed by atoms with Crippen LogP contribution in [-0.4, -0.2) is 14.7 Å². The third-order valence-electron chi connectivity index (χ3n) is 2.52. The van der Waals surface area contributed by atoms with Gasteiger partial charge in [-0.25, -0.2) is 4.39 Å². The van der Waals surface area contributed by atoms with E-state index in [4.69, 9.17) is 4.74 Å². The summed E-state index contributed by atoms with van der Waals surface area (Å²) in [5, 5.41) is 14.8. The van der Waals surface area contributed by atoms with Crippen molar-refractivity contribution in [3.8, 4) is 5.75 Å². The Kier molecular flexibility index (Phi) is 3.74. The number of halogens is 1. The zero-order valence-corrected chi connectivity index (χ0v) is 10.2. The molecule has 0 N–H and O–H groups in total. The van der Waals surface area contributed by atoms with Crippen LogP contribution in [0.25, 0.3) is 0 Å². The molecule has 0 fully saturated rings. The Balaban J connectivity index is 2.14. The molecule has 0 saturated carbocycles. The first-order chi connectivity index (χ1) is 9.10. The first-order valence-electron chi connectivity index (χ1n) is 5.68. The molecule has 0 aliphatic rings. The van der Waals surface area contributed by atoms with E-state index in [0.29, 0.717) is 0 Å². The van der Waals surface area contributed by atoms with Gasteiger partial charge in [0.1, 0.15) is 12.4 Å². The molecule has 0 aliphatic carbocycles. The topological polar surface area (TPSA) is 70.2 Å². The lowest BCUT2D eigenvalue weighted by Gasteiger charge is -2.05. The van der Waals surface area contributed by atoms with Crippen LogP contribution < -0.4 is 4.74 Å². The molecular weight excluding hydrogens is 253 g/mol. The Hall–Kier alpha value is -2.44. The second-order valence-corrected chi connectivity index (χ2v) is 3.86. The van der Waals surface area contributed by atoms with Crippen molar-refractivity contribution in [2.24, 2.45) is 0 Å². The Bertz CT molecular complexity index is 598. The molecule has 19 heavy (non-hydrogen) atoms. The average molecular weight is 265 g/mol. The maximum atomic E-state index is 13.1. The summed E-state index contributed by atoms with van der Waals surface area (Å²) in [4.78, 5) is 10.2. The number of nitrogens with zero attached hydrogens (tertiary/aromatic N) is 3.